The number of ether oxygens (including phenoxy) is 6. The van der Waals surface area contributed by atoms with E-state index in [4.69, 9.17) is 63.2 Å². The second-order valence-electron chi connectivity index (χ2n) is 8.64. The number of alkyl halides is 3. The Balaban J connectivity index is 2.88. The van der Waals surface area contributed by atoms with Gasteiger partial charge in [-0.3, -0.25) is 0 Å². The Hall–Kier alpha value is -0.520. The maximum atomic E-state index is 12.4. The summed E-state index contributed by atoms with van der Waals surface area (Å²) in [4.78, 5) is 12.4. The number of allylic oxidation sites excluding steroid dienone is 1. The van der Waals surface area contributed by atoms with Gasteiger partial charge in [-0.2, -0.15) is 0 Å². The van der Waals surface area contributed by atoms with Gasteiger partial charge in [0.15, 0.2) is 0 Å². The van der Waals surface area contributed by atoms with E-state index in [2.05, 4.69) is 12.2 Å². The molecule has 1 aliphatic rings. The number of rotatable bonds is 17. The zero-order chi connectivity index (χ0) is 27.0. The Labute approximate surface area is 230 Å². The standard InChI is InChI=1S/C24H42Cl3NO8/c1-5-7-8-9-10-11-17(32-4)12-14-33-21-19(28-23(30)35-16-24(25,26)27)22(34-13-6-2)36-18(15-31-3)20(21)29/h6,13,17-22,29H,5,7-12,14-16H2,1-4H3,(H,28,30)/b13-6-/t17-,18-,19-,20-,21-,22+/m1/s1. The zero-order valence-electron chi connectivity index (χ0n) is 21.6. The summed E-state index contributed by atoms with van der Waals surface area (Å²) in [5.41, 5.74) is 0. The summed E-state index contributed by atoms with van der Waals surface area (Å²) < 4.78 is 31.6. The predicted molar refractivity (Wildman–Crippen MR) is 140 cm³/mol. The maximum Gasteiger partial charge on any atom is 0.407 e. The van der Waals surface area contributed by atoms with Gasteiger partial charge in [0, 0.05) is 20.8 Å². The fourth-order valence-electron chi connectivity index (χ4n) is 3.86. The van der Waals surface area contributed by atoms with Crippen LogP contribution < -0.4 is 5.32 Å². The van der Waals surface area contributed by atoms with Crippen molar-refractivity contribution in [3.8, 4) is 0 Å². The monoisotopic (exact) mass is 577 g/mol. The summed E-state index contributed by atoms with van der Waals surface area (Å²) in [6.07, 6.45) is 5.91. The third-order valence-corrected chi connectivity index (χ3v) is 6.05. The third kappa shape index (κ3) is 13.3. The Bertz CT molecular complexity index is 623. The molecule has 0 radical (unpaired) electrons. The second kappa shape index (κ2) is 18.7. The van der Waals surface area contributed by atoms with Crippen LogP contribution in [-0.4, -0.2) is 85.8 Å². The number of halogens is 3. The van der Waals surface area contributed by atoms with E-state index in [0.717, 1.165) is 19.3 Å². The minimum Gasteiger partial charge on any atom is -0.471 e. The summed E-state index contributed by atoms with van der Waals surface area (Å²) in [6.45, 7) is 3.87. The fraction of sp³-hybridized carbons (Fsp3) is 0.875. The number of aliphatic hydroxyl groups excluding tert-OH is 1. The van der Waals surface area contributed by atoms with E-state index in [-0.39, 0.29) is 19.3 Å². The first-order chi connectivity index (χ1) is 17.2. The summed E-state index contributed by atoms with van der Waals surface area (Å²) in [7, 11) is 3.18. The van der Waals surface area contributed by atoms with Gasteiger partial charge >= 0.3 is 6.09 Å². The lowest BCUT2D eigenvalue weighted by Crippen LogP contribution is -2.65. The average Bonchev–Trinajstić information content (AvgIpc) is 2.83. The molecule has 12 heteroatoms. The van der Waals surface area contributed by atoms with Crippen LogP contribution in [0.15, 0.2) is 12.3 Å². The zero-order valence-corrected chi connectivity index (χ0v) is 23.9. The highest BCUT2D eigenvalue weighted by Gasteiger charge is 2.48. The number of methoxy groups -OCH3 is 2. The predicted octanol–water partition coefficient (Wildman–Crippen LogP) is 4.88. The van der Waals surface area contributed by atoms with E-state index < -0.39 is 47.1 Å². The molecule has 0 saturated carbocycles. The molecule has 9 nitrogen and oxygen atoms in total. The molecule has 212 valence electrons. The third-order valence-electron chi connectivity index (χ3n) is 5.72. The quantitative estimate of drug-likeness (QED) is 0.143. The Morgan fingerprint density at radius 3 is 2.50 bits per heavy atom. The minimum atomic E-state index is -1.77. The molecule has 36 heavy (non-hydrogen) atoms. The molecule has 2 N–H and O–H groups in total. The molecule has 0 aliphatic carbocycles. The van der Waals surface area contributed by atoms with Gasteiger partial charge in [-0.25, -0.2) is 4.79 Å². The minimum absolute atomic E-state index is 0.0223. The first-order valence-corrected chi connectivity index (χ1v) is 13.5. The van der Waals surface area contributed by atoms with Crippen molar-refractivity contribution in [3.05, 3.63) is 12.3 Å². The van der Waals surface area contributed by atoms with Crippen molar-refractivity contribution in [2.24, 2.45) is 0 Å². The van der Waals surface area contributed by atoms with Crippen LogP contribution in [0.3, 0.4) is 0 Å². The van der Waals surface area contributed by atoms with Crippen molar-refractivity contribution >= 4 is 40.9 Å². The van der Waals surface area contributed by atoms with Crippen molar-refractivity contribution in [1.29, 1.82) is 0 Å². The number of nitrogens with one attached hydrogen (secondary N) is 1. The van der Waals surface area contributed by atoms with Crippen LogP contribution in [0.2, 0.25) is 0 Å². The molecule has 6 atom stereocenters. The summed E-state index contributed by atoms with van der Waals surface area (Å²) in [6, 6.07) is -0.928. The summed E-state index contributed by atoms with van der Waals surface area (Å²) in [5, 5.41) is 13.6. The van der Waals surface area contributed by atoms with Crippen LogP contribution >= 0.6 is 34.8 Å². The van der Waals surface area contributed by atoms with E-state index >= 15 is 0 Å². The van der Waals surface area contributed by atoms with Crippen molar-refractivity contribution in [2.45, 2.75) is 99.3 Å². The average molecular weight is 579 g/mol. The molecule has 0 bridgehead atoms. The van der Waals surface area contributed by atoms with Crippen molar-refractivity contribution < 1.29 is 38.3 Å². The molecular weight excluding hydrogens is 537 g/mol. The lowest BCUT2D eigenvalue weighted by Gasteiger charge is -2.43. The first-order valence-electron chi connectivity index (χ1n) is 12.4. The number of hydrogen-bond acceptors (Lipinski definition) is 8. The van der Waals surface area contributed by atoms with E-state index in [9.17, 15) is 9.90 Å². The summed E-state index contributed by atoms with van der Waals surface area (Å²) in [5.74, 6) is 0. The molecule has 1 heterocycles. The van der Waals surface area contributed by atoms with Gasteiger partial charge in [0.05, 0.1) is 19.0 Å². The lowest BCUT2D eigenvalue weighted by atomic mass is 9.96. The van der Waals surface area contributed by atoms with Gasteiger partial charge in [-0.1, -0.05) is 79.9 Å². The molecule has 0 aromatic rings. The van der Waals surface area contributed by atoms with Crippen LogP contribution in [0.25, 0.3) is 0 Å². The normalized spacial score (nSPS) is 25.6. The van der Waals surface area contributed by atoms with E-state index in [0.29, 0.717) is 6.42 Å². The molecule has 0 spiro atoms. The maximum absolute atomic E-state index is 12.4. The van der Waals surface area contributed by atoms with Gasteiger partial charge in [0.25, 0.3) is 0 Å². The molecule has 0 aromatic carbocycles. The van der Waals surface area contributed by atoms with E-state index in [1.807, 2.05) is 0 Å². The largest absolute Gasteiger partial charge is 0.471 e. The molecule has 1 amide bonds. The lowest BCUT2D eigenvalue weighted by molar-refractivity contribution is -0.264. The molecule has 1 saturated heterocycles. The number of carbonyl (C=O) groups excluding carboxylic acids is 1. The smallest absolute Gasteiger partial charge is 0.407 e. The fourth-order valence-corrected chi connectivity index (χ4v) is 4.02. The second-order valence-corrected chi connectivity index (χ2v) is 11.2. The Kier molecular flexibility index (Phi) is 17.4. The molecule has 0 aromatic heterocycles. The van der Waals surface area contributed by atoms with Gasteiger partial charge in [-0.15, -0.1) is 0 Å². The van der Waals surface area contributed by atoms with Gasteiger partial charge in [0.1, 0.15) is 31.0 Å². The number of aliphatic hydroxyl groups is 1. The number of amides is 1. The summed E-state index contributed by atoms with van der Waals surface area (Å²) >= 11 is 17.0. The molecular formula is C24H42Cl3NO8. The van der Waals surface area contributed by atoms with Gasteiger partial charge in [-0.05, 0) is 19.8 Å². The van der Waals surface area contributed by atoms with Crippen LogP contribution in [0.4, 0.5) is 4.79 Å². The molecule has 1 rings (SSSR count). The van der Waals surface area contributed by atoms with Crippen molar-refractivity contribution in [3.63, 3.8) is 0 Å². The SMILES string of the molecule is C/C=C\O[C@H]1O[C@H](COC)[C@@H](O)[C@H](OCC[C@@H](CCCCCCC)OC)[C@H]1NC(=O)OCC(Cl)(Cl)Cl. The van der Waals surface area contributed by atoms with E-state index in [1.54, 1.807) is 20.1 Å². The first kappa shape index (κ1) is 33.5. The molecule has 0 unspecified atom stereocenters. The Morgan fingerprint density at radius 1 is 1.17 bits per heavy atom. The Morgan fingerprint density at radius 2 is 1.89 bits per heavy atom. The van der Waals surface area contributed by atoms with Gasteiger partial charge < -0.3 is 38.8 Å². The van der Waals surface area contributed by atoms with Crippen LogP contribution in [0, 0.1) is 0 Å². The number of alkyl carbamates (subject to hydrolysis) is 1. The highest BCUT2D eigenvalue weighted by atomic mass is 35.6. The van der Waals surface area contributed by atoms with Crippen molar-refractivity contribution in [2.75, 3.05) is 34.0 Å². The number of unbranched alkanes of at least 4 members (excludes halogenated alkanes) is 4. The molecule has 1 aliphatic heterocycles. The van der Waals surface area contributed by atoms with Gasteiger partial charge in [0.2, 0.25) is 10.1 Å². The highest BCUT2D eigenvalue weighted by molar-refractivity contribution is 6.67. The molecule has 1 fully saturated rings. The number of hydrogen-bond donors (Lipinski definition) is 2. The topological polar surface area (TPSA) is 105 Å². The van der Waals surface area contributed by atoms with Crippen LogP contribution in [0.5, 0.6) is 0 Å². The van der Waals surface area contributed by atoms with Crippen LogP contribution in [-0.2, 0) is 28.4 Å². The van der Waals surface area contributed by atoms with E-state index in [1.165, 1.54) is 32.6 Å². The highest BCUT2D eigenvalue weighted by Crippen LogP contribution is 2.28. The number of carbonyl (C=O) groups is 1. The van der Waals surface area contributed by atoms with Crippen LogP contribution in [0.1, 0.15) is 58.8 Å². The van der Waals surface area contributed by atoms with Crippen molar-refractivity contribution in [1.82, 2.24) is 5.32 Å².